The summed E-state index contributed by atoms with van der Waals surface area (Å²) in [6, 6.07) is 3.37. The molecule has 0 bridgehead atoms. The van der Waals surface area contributed by atoms with Gasteiger partial charge in [-0.1, -0.05) is 0 Å². The first-order valence-electron chi connectivity index (χ1n) is 4.49. The van der Waals surface area contributed by atoms with E-state index >= 15 is 0 Å². The fourth-order valence-corrected chi connectivity index (χ4v) is 1.85. The van der Waals surface area contributed by atoms with Crippen molar-refractivity contribution >= 4 is 21.7 Å². The van der Waals surface area contributed by atoms with Gasteiger partial charge in [0.15, 0.2) is 0 Å². The number of aromatic nitrogens is 2. The third-order valence-electron chi connectivity index (χ3n) is 2.23. The summed E-state index contributed by atoms with van der Waals surface area (Å²) in [7, 11) is 1.56. The molecule has 16 heavy (non-hydrogen) atoms. The Kier molecular flexibility index (Phi) is 2.74. The minimum absolute atomic E-state index is 0.105. The molecule has 0 atom stereocenters. The highest BCUT2D eigenvalue weighted by Gasteiger charge is 2.14. The van der Waals surface area contributed by atoms with E-state index in [1.54, 1.807) is 25.4 Å². The Labute approximate surface area is 100 Å². The van der Waals surface area contributed by atoms with Gasteiger partial charge < -0.3 is 15.6 Å². The molecule has 0 unspecified atom stereocenters. The Morgan fingerprint density at radius 3 is 2.75 bits per heavy atom. The predicted octanol–water partition coefficient (Wildman–Crippen LogP) is 2.14. The summed E-state index contributed by atoms with van der Waals surface area (Å²) in [6.45, 7) is 0. The lowest BCUT2D eigenvalue weighted by Gasteiger charge is -2.08. The first kappa shape index (κ1) is 10.8. The van der Waals surface area contributed by atoms with Crippen LogP contribution in [0.5, 0.6) is 11.5 Å². The zero-order chi connectivity index (χ0) is 11.7. The van der Waals surface area contributed by atoms with E-state index in [2.05, 4.69) is 26.1 Å². The average molecular weight is 284 g/mol. The third kappa shape index (κ3) is 1.71. The van der Waals surface area contributed by atoms with Crippen molar-refractivity contribution in [2.24, 2.45) is 0 Å². The molecule has 0 fully saturated rings. The number of nitrogens with one attached hydrogen (secondary N) is 1. The molecule has 84 valence electrons. The van der Waals surface area contributed by atoms with Gasteiger partial charge in [-0.15, -0.1) is 0 Å². The molecule has 1 heterocycles. The number of phenolic OH excluding ortho intramolecular Hbond substituents is 1. The van der Waals surface area contributed by atoms with Crippen molar-refractivity contribution < 1.29 is 9.84 Å². The summed E-state index contributed by atoms with van der Waals surface area (Å²) in [5.41, 5.74) is 6.90. The fourth-order valence-electron chi connectivity index (χ4n) is 1.41. The van der Waals surface area contributed by atoms with Gasteiger partial charge in [-0.25, -0.2) is 0 Å². The number of anilines is 1. The summed E-state index contributed by atoms with van der Waals surface area (Å²) in [5, 5.41) is 16.3. The van der Waals surface area contributed by atoms with Crippen LogP contribution in [0.3, 0.4) is 0 Å². The summed E-state index contributed by atoms with van der Waals surface area (Å²) in [5.74, 6) is 1.13. The van der Waals surface area contributed by atoms with Crippen molar-refractivity contribution in [2.45, 2.75) is 0 Å². The van der Waals surface area contributed by atoms with Gasteiger partial charge in [0, 0.05) is 11.1 Å². The number of nitrogens with two attached hydrogens (primary N) is 1. The number of hydrogen-bond donors (Lipinski definition) is 3. The van der Waals surface area contributed by atoms with Crippen molar-refractivity contribution in [2.75, 3.05) is 12.8 Å². The van der Waals surface area contributed by atoms with Crippen LogP contribution >= 0.6 is 15.9 Å². The number of aromatic amines is 1. The standard InChI is InChI=1S/C10H10BrN3O2/c1-16-5-2-6(9(15)8(11)3-5)7-4-13-14-10(7)12/h2-4,15H,1H3,(H3,12,13,14). The molecule has 5 nitrogen and oxygen atoms in total. The van der Waals surface area contributed by atoms with Crippen LogP contribution < -0.4 is 10.5 Å². The van der Waals surface area contributed by atoms with Gasteiger partial charge >= 0.3 is 0 Å². The van der Waals surface area contributed by atoms with Crippen molar-refractivity contribution in [1.29, 1.82) is 0 Å². The van der Waals surface area contributed by atoms with Crippen molar-refractivity contribution in [3.8, 4) is 22.6 Å². The number of phenols is 1. The molecule has 0 saturated carbocycles. The highest BCUT2D eigenvalue weighted by molar-refractivity contribution is 9.10. The Bertz CT molecular complexity index is 525. The van der Waals surface area contributed by atoms with Crippen LogP contribution in [0.1, 0.15) is 0 Å². The van der Waals surface area contributed by atoms with Crippen molar-refractivity contribution in [3.05, 3.63) is 22.8 Å². The summed E-state index contributed by atoms with van der Waals surface area (Å²) in [6.07, 6.45) is 1.55. The second-order valence-corrected chi connectivity index (χ2v) is 4.06. The van der Waals surface area contributed by atoms with Crippen LogP contribution in [0, 0.1) is 0 Å². The lowest BCUT2D eigenvalue weighted by molar-refractivity contribution is 0.412. The summed E-state index contributed by atoms with van der Waals surface area (Å²) < 4.78 is 5.66. The van der Waals surface area contributed by atoms with E-state index < -0.39 is 0 Å². The largest absolute Gasteiger partial charge is 0.506 e. The van der Waals surface area contributed by atoms with E-state index in [9.17, 15) is 5.11 Å². The minimum Gasteiger partial charge on any atom is -0.506 e. The SMILES string of the molecule is COc1cc(Br)c(O)c(-c2cn[nH]c2N)c1. The van der Waals surface area contributed by atoms with Crippen LogP contribution in [-0.2, 0) is 0 Å². The number of rotatable bonds is 2. The smallest absolute Gasteiger partial charge is 0.138 e. The molecular formula is C10H10BrN3O2. The van der Waals surface area contributed by atoms with Crippen LogP contribution in [0.15, 0.2) is 22.8 Å². The van der Waals surface area contributed by atoms with E-state index in [-0.39, 0.29) is 5.75 Å². The van der Waals surface area contributed by atoms with Gasteiger partial charge in [-0.05, 0) is 28.1 Å². The molecular weight excluding hydrogens is 274 g/mol. The zero-order valence-corrected chi connectivity index (χ0v) is 10.1. The maximum Gasteiger partial charge on any atom is 0.138 e. The van der Waals surface area contributed by atoms with Crippen LogP contribution in [0.25, 0.3) is 11.1 Å². The number of benzene rings is 1. The van der Waals surface area contributed by atoms with Gasteiger partial charge in [0.1, 0.15) is 17.3 Å². The highest BCUT2D eigenvalue weighted by Crippen LogP contribution is 2.40. The Morgan fingerprint density at radius 1 is 1.44 bits per heavy atom. The Balaban J connectivity index is 2.64. The van der Waals surface area contributed by atoms with Gasteiger partial charge in [0.05, 0.1) is 17.8 Å². The van der Waals surface area contributed by atoms with E-state index in [0.717, 1.165) is 0 Å². The first-order valence-corrected chi connectivity index (χ1v) is 5.28. The molecule has 1 aromatic heterocycles. The van der Waals surface area contributed by atoms with Crippen LogP contribution in [-0.4, -0.2) is 22.4 Å². The van der Waals surface area contributed by atoms with E-state index in [0.29, 0.717) is 27.2 Å². The molecule has 0 saturated heterocycles. The second kappa shape index (κ2) is 4.05. The third-order valence-corrected chi connectivity index (χ3v) is 2.84. The minimum atomic E-state index is 0.105. The average Bonchev–Trinajstić information content (AvgIpc) is 2.68. The van der Waals surface area contributed by atoms with Gasteiger partial charge in [-0.3, -0.25) is 5.10 Å². The molecule has 0 radical (unpaired) electrons. The number of H-pyrrole nitrogens is 1. The summed E-state index contributed by atoms with van der Waals surface area (Å²) >= 11 is 3.25. The molecule has 4 N–H and O–H groups in total. The number of aromatic hydroxyl groups is 1. The number of ether oxygens (including phenoxy) is 1. The lowest BCUT2D eigenvalue weighted by Crippen LogP contribution is -1.90. The normalized spacial score (nSPS) is 10.4. The van der Waals surface area contributed by atoms with E-state index in [4.69, 9.17) is 10.5 Å². The predicted molar refractivity (Wildman–Crippen MR) is 64.4 cm³/mol. The molecule has 0 spiro atoms. The molecule has 0 aliphatic rings. The zero-order valence-electron chi connectivity index (χ0n) is 8.49. The van der Waals surface area contributed by atoms with Crippen LogP contribution in [0.4, 0.5) is 5.82 Å². The number of hydrogen-bond acceptors (Lipinski definition) is 4. The monoisotopic (exact) mass is 283 g/mol. The van der Waals surface area contributed by atoms with Gasteiger partial charge in [0.25, 0.3) is 0 Å². The molecule has 0 aliphatic carbocycles. The molecule has 1 aromatic carbocycles. The fraction of sp³-hybridized carbons (Fsp3) is 0.100. The van der Waals surface area contributed by atoms with Crippen molar-refractivity contribution in [3.63, 3.8) is 0 Å². The Morgan fingerprint density at radius 2 is 2.19 bits per heavy atom. The quantitative estimate of drug-likeness (QED) is 0.788. The molecule has 0 amide bonds. The number of methoxy groups -OCH3 is 1. The van der Waals surface area contributed by atoms with Crippen LogP contribution in [0.2, 0.25) is 0 Å². The molecule has 6 heteroatoms. The molecule has 2 aromatic rings. The van der Waals surface area contributed by atoms with Gasteiger partial charge in [-0.2, -0.15) is 5.10 Å². The summed E-state index contributed by atoms with van der Waals surface area (Å²) in [4.78, 5) is 0. The second-order valence-electron chi connectivity index (χ2n) is 3.20. The maximum absolute atomic E-state index is 9.91. The molecule has 2 rings (SSSR count). The number of nitrogen functional groups attached to an aromatic ring is 1. The lowest BCUT2D eigenvalue weighted by atomic mass is 10.1. The van der Waals surface area contributed by atoms with E-state index in [1.165, 1.54) is 0 Å². The Hall–Kier alpha value is -1.69. The number of halogens is 1. The first-order chi connectivity index (χ1) is 7.63. The topological polar surface area (TPSA) is 84.2 Å². The van der Waals surface area contributed by atoms with Crippen molar-refractivity contribution in [1.82, 2.24) is 10.2 Å². The van der Waals surface area contributed by atoms with E-state index in [1.807, 2.05) is 0 Å². The van der Waals surface area contributed by atoms with Gasteiger partial charge in [0.2, 0.25) is 0 Å². The number of nitrogens with zero attached hydrogens (tertiary/aromatic N) is 1. The molecule has 0 aliphatic heterocycles. The maximum atomic E-state index is 9.91. The highest BCUT2D eigenvalue weighted by atomic mass is 79.9.